The molecule has 0 saturated carbocycles. The molecule has 0 radical (unpaired) electrons. The van der Waals surface area contributed by atoms with Gasteiger partial charge in [0.15, 0.2) is 0 Å². The van der Waals surface area contributed by atoms with Gasteiger partial charge in [0.05, 0.1) is 12.1 Å². The van der Waals surface area contributed by atoms with Crippen molar-refractivity contribution in [1.82, 2.24) is 4.98 Å². The third-order valence-corrected chi connectivity index (χ3v) is 3.09. The minimum absolute atomic E-state index is 0.0295. The Morgan fingerprint density at radius 2 is 2.06 bits per heavy atom. The van der Waals surface area contributed by atoms with E-state index in [0.717, 1.165) is 11.3 Å². The second kappa shape index (κ2) is 4.63. The number of carboxylic acids is 1. The number of halogens is 1. The minimum Gasteiger partial charge on any atom is -0.481 e. The summed E-state index contributed by atoms with van der Waals surface area (Å²) < 4.78 is 0. The van der Waals surface area contributed by atoms with Crippen molar-refractivity contribution in [3.8, 4) is 11.3 Å². The molecule has 1 N–H and O–H groups in total. The molecule has 1 aromatic carbocycles. The van der Waals surface area contributed by atoms with Crippen LogP contribution in [-0.4, -0.2) is 16.1 Å². The number of aliphatic carboxylic acids is 1. The lowest BCUT2D eigenvalue weighted by atomic mass is 10.2. The third-order valence-electron chi connectivity index (χ3n) is 1.99. The Bertz CT molecular complexity index is 507. The summed E-state index contributed by atoms with van der Waals surface area (Å²) in [6.07, 6.45) is -0.0295. The lowest BCUT2D eigenvalue weighted by Gasteiger charge is -1.95. The number of benzene rings is 1. The predicted octanol–water partition coefficient (Wildman–Crippen LogP) is 3.09. The molecule has 16 heavy (non-hydrogen) atoms. The summed E-state index contributed by atoms with van der Waals surface area (Å²) in [7, 11) is 0. The van der Waals surface area contributed by atoms with Gasteiger partial charge in [-0.25, -0.2) is 4.98 Å². The molecule has 2 aromatic rings. The molecule has 1 aromatic heterocycles. The van der Waals surface area contributed by atoms with Crippen LogP contribution in [0.1, 0.15) is 5.01 Å². The van der Waals surface area contributed by atoms with Crippen LogP contribution >= 0.6 is 22.9 Å². The first-order chi connectivity index (χ1) is 7.65. The Balaban J connectivity index is 2.24. The Labute approximate surface area is 101 Å². The van der Waals surface area contributed by atoms with Crippen LogP contribution in [0.3, 0.4) is 0 Å². The van der Waals surface area contributed by atoms with E-state index in [-0.39, 0.29) is 6.42 Å². The lowest BCUT2D eigenvalue weighted by Crippen LogP contribution is -1.99. The smallest absolute Gasteiger partial charge is 0.310 e. The molecule has 0 saturated heterocycles. The molecule has 82 valence electrons. The van der Waals surface area contributed by atoms with Gasteiger partial charge < -0.3 is 5.11 Å². The van der Waals surface area contributed by atoms with Gasteiger partial charge >= 0.3 is 5.97 Å². The molecule has 1 heterocycles. The van der Waals surface area contributed by atoms with Crippen molar-refractivity contribution in [2.24, 2.45) is 0 Å². The van der Waals surface area contributed by atoms with E-state index in [1.807, 2.05) is 17.5 Å². The van der Waals surface area contributed by atoms with E-state index in [0.29, 0.717) is 10.0 Å². The van der Waals surface area contributed by atoms with E-state index in [2.05, 4.69) is 4.98 Å². The maximum Gasteiger partial charge on any atom is 0.310 e. The van der Waals surface area contributed by atoms with Gasteiger partial charge in [0.2, 0.25) is 0 Å². The molecule has 0 aliphatic heterocycles. The van der Waals surface area contributed by atoms with E-state index >= 15 is 0 Å². The van der Waals surface area contributed by atoms with Crippen LogP contribution in [0, 0.1) is 0 Å². The SMILES string of the molecule is O=C(O)Cc1nc(-c2ccc(Cl)cc2)cs1. The van der Waals surface area contributed by atoms with Gasteiger partial charge in [0.1, 0.15) is 5.01 Å². The van der Waals surface area contributed by atoms with Gasteiger partial charge in [-0.1, -0.05) is 23.7 Å². The average Bonchev–Trinajstić information content (AvgIpc) is 2.66. The molecule has 0 aliphatic carbocycles. The Morgan fingerprint density at radius 1 is 1.38 bits per heavy atom. The van der Waals surface area contributed by atoms with E-state index in [1.165, 1.54) is 11.3 Å². The standard InChI is InChI=1S/C11H8ClNO2S/c12-8-3-1-7(2-4-8)9-6-16-10(13-9)5-11(14)15/h1-4,6H,5H2,(H,14,15). The quantitative estimate of drug-likeness (QED) is 0.915. The lowest BCUT2D eigenvalue weighted by molar-refractivity contribution is -0.136. The zero-order valence-corrected chi connectivity index (χ0v) is 9.76. The van der Waals surface area contributed by atoms with Gasteiger partial charge in [-0.2, -0.15) is 0 Å². The maximum atomic E-state index is 10.5. The summed E-state index contributed by atoms with van der Waals surface area (Å²) in [5.74, 6) is -0.864. The number of carbonyl (C=O) groups is 1. The number of hydrogen-bond donors (Lipinski definition) is 1. The number of hydrogen-bond acceptors (Lipinski definition) is 3. The second-order valence-corrected chi connectivity index (χ2v) is 4.58. The molecule has 0 aliphatic rings. The average molecular weight is 254 g/mol. The van der Waals surface area contributed by atoms with Crippen molar-refractivity contribution in [3.05, 3.63) is 39.7 Å². The second-order valence-electron chi connectivity index (χ2n) is 3.20. The molecular weight excluding hydrogens is 246 g/mol. The number of rotatable bonds is 3. The van der Waals surface area contributed by atoms with Crippen LogP contribution in [0.25, 0.3) is 11.3 Å². The molecule has 3 nitrogen and oxygen atoms in total. The summed E-state index contributed by atoms with van der Waals surface area (Å²) in [5, 5.41) is 11.8. The van der Waals surface area contributed by atoms with Gasteiger partial charge in [-0.05, 0) is 12.1 Å². The fourth-order valence-corrected chi connectivity index (χ4v) is 2.19. The predicted molar refractivity (Wildman–Crippen MR) is 63.9 cm³/mol. The van der Waals surface area contributed by atoms with Crippen LogP contribution in [0.5, 0.6) is 0 Å². The topological polar surface area (TPSA) is 50.2 Å². The van der Waals surface area contributed by atoms with Gasteiger partial charge in [-0.15, -0.1) is 11.3 Å². The van der Waals surface area contributed by atoms with Crippen molar-refractivity contribution in [2.75, 3.05) is 0 Å². The highest BCUT2D eigenvalue weighted by molar-refractivity contribution is 7.10. The summed E-state index contributed by atoms with van der Waals surface area (Å²) in [4.78, 5) is 14.8. The van der Waals surface area contributed by atoms with E-state index in [4.69, 9.17) is 16.7 Å². The molecule has 0 unspecified atom stereocenters. The van der Waals surface area contributed by atoms with Crippen molar-refractivity contribution >= 4 is 28.9 Å². The normalized spacial score (nSPS) is 10.3. The van der Waals surface area contributed by atoms with Crippen LogP contribution < -0.4 is 0 Å². The van der Waals surface area contributed by atoms with E-state index in [9.17, 15) is 4.79 Å². The van der Waals surface area contributed by atoms with Crippen LogP contribution in [0.4, 0.5) is 0 Å². The fraction of sp³-hybridized carbons (Fsp3) is 0.0909. The van der Waals surface area contributed by atoms with Crippen LogP contribution in [-0.2, 0) is 11.2 Å². The highest BCUT2D eigenvalue weighted by Gasteiger charge is 2.07. The van der Waals surface area contributed by atoms with Crippen LogP contribution in [0.15, 0.2) is 29.6 Å². The first kappa shape index (κ1) is 11.1. The zero-order chi connectivity index (χ0) is 11.5. The highest BCUT2D eigenvalue weighted by atomic mass is 35.5. The molecule has 0 amide bonds. The molecule has 2 rings (SSSR count). The van der Waals surface area contributed by atoms with Crippen molar-refractivity contribution in [2.45, 2.75) is 6.42 Å². The van der Waals surface area contributed by atoms with Crippen molar-refractivity contribution < 1.29 is 9.90 Å². The molecule has 0 atom stereocenters. The first-order valence-electron chi connectivity index (χ1n) is 4.57. The largest absolute Gasteiger partial charge is 0.481 e. The molecule has 0 bridgehead atoms. The Hall–Kier alpha value is -1.39. The maximum absolute atomic E-state index is 10.5. The summed E-state index contributed by atoms with van der Waals surface area (Å²) in [6, 6.07) is 7.30. The van der Waals surface area contributed by atoms with Crippen molar-refractivity contribution in [1.29, 1.82) is 0 Å². The minimum atomic E-state index is -0.864. The fourth-order valence-electron chi connectivity index (χ4n) is 1.27. The van der Waals surface area contributed by atoms with Gasteiger partial charge in [-0.3, -0.25) is 4.79 Å². The Morgan fingerprint density at radius 3 is 2.69 bits per heavy atom. The Kier molecular flexibility index (Phi) is 3.22. The summed E-state index contributed by atoms with van der Waals surface area (Å²) >= 11 is 7.13. The zero-order valence-electron chi connectivity index (χ0n) is 8.18. The molecular formula is C11H8ClNO2S. The van der Waals surface area contributed by atoms with Crippen molar-refractivity contribution in [3.63, 3.8) is 0 Å². The number of nitrogens with zero attached hydrogens (tertiary/aromatic N) is 1. The monoisotopic (exact) mass is 253 g/mol. The number of thiazole rings is 1. The number of aromatic nitrogens is 1. The summed E-state index contributed by atoms with van der Waals surface area (Å²) in [6.45, 7) is 0. The molecule has 0 fully saturated rings. The highest BCUT2D eigenvalue weighted by Crippen LogP contribution is 2.23. The first-order valence-corrected chi connectivity index (χ1v) is 5.83. The van der Waals surface area contributed by atoms with E-state index < -0.39 is 5.97 Å². The molecule has 5 heteroatoms. The van der Waals surface area contributed by atoms with Gasteiger partial charge in [0.25, 0.3) is 0 Å². The summed E-state index contributed by atoms with van der Waals surface area (Å²) in [5.41, 5.74) is 1.73. The van der Waals surface area contributed by atoms with E-state index in [1.54, 1.807) is 12.1 Å². The third kappa shape index (κ3) is 2.59. The van der Waals surface area contributed by atoms with Crippen LogP contribution in [0.2, 0.25) is 5.02 Å². The van der Waals surface area contributed by atoms with Gasteiger partial charge in [0, 0.05) is 16.0 Å². The number of carboxylic acid groups (broad SMARTS) is 1. The molecule has 0 spiro atoms.